The molecule has 0 aromatic carbocycles. The average Bonchev–Trinajstić information content (AvgIpc) is 3.12. The molecule has 0 bridgehead atoms. The fraction of sp³-hybridized carbons (Fsp3) is 0.886. The van der Waals surface area contributed by atoms with Crippen molar-refractivity contribution in [2.75, 3.05) is 6.61 Å². The molecule has 0 aromatic heterocycles. The van der Waals surface area contributed by atoms with Gasteiger partial charge in [-0.15, -0.1) is 0 Å². The summed E-state index contributed by atoms with van der Waals surface area (Å²) >= 11 is 0. The van der Waals surface area contributed by atoms with Gasteiger partial charge in [-0.05, 0) is 64.2 Å². The van der Waals surface area contributed by atoms with Gasteiger partial charge in [-0.2, -0.15) is 0 Å². The lowest BCUT2D eigenvalue weighted by molar-refractivity contribution is -0.132. The second kappa shape index (κ2) is 39.0. The second-order valence-corrected chi connectivity index (χ2v) is 15.0. The first-order valence-corrected chi connectivity index (χ1v) is 21.7. The summed E-state index contributed by atoms with van der Waals surface area (Å²) in [6, 6.07) is -1.00. The van der Waals surface area contributed by atoms with Gasteiger partial charge in [-0.1, -0.05) is 179 Å². The molecule has 6 nitrogen and oxygen atoms in total. The molecule has 296 valence electrons. The van der Waals surface area contributed by atoms with Gasteiger partial charge in [0.05, 0.1) is 18.8 Å². The van der Waals surface area contributed by atoms with Crippen molar-refractivity contribution in [1.82, 2.24) is 5.32 Å². The predicted octanol–water partition coefficient (Wildman–Crippen LogP) is 11.2. The van der Waals surface area contributed by atoms with Crippen LogP contribution in [0.5, 0.6) is 0 Å². The molecule has 0 aliphatic heterocycles. The van der Waals surface area contributed by atoms with Gasteiger partial charge in [0.25, 0.3) is 0 Å². The maximum Gasteiger partial charge on any atom is 0.249 e. The van der Waals surface area contributed by atoms with Gasteiger partial charge in [0, 0.05) is 0 Å². The third kappa shape index (κ3) is 32.7. The number of hydrogen-bond acceptors (Lipinski definition) is 5. The molecule has 0 heterocycles. The van der Waals surface area contributed by atoms with Gasteiger partial charge >= 0.3 is 0 Å². The Labute approximate surface area is 310 Å². The number of rotatable bonds is 39. The molecule has 1 amide bonds. The smallest absolute Gasteiger partial charge is 0.249 e. The molecule has 6 heteroatoms. The van der Waals surface area contributed by atoms with Crippen LogP contribution in [0.25, 0.3) is 0 Å². The number of hydrogen-bond donors (Lipinski definition) is 5. The zero-order valence-electron chi connectivity index (χ0n) is 33.2. The zero-order valence-corrected chi connectivity index (χ0v) is 33.2. The van der Waals surface area contributed by atoms with E-state index in [0.29, 0.717) is 12.8 Å². The number of carbonyl (C=O) groups is 1. The highest BCUT2D eigenvalue weighted by Crippen LogP contribution is 2.15. The average molecular weight is 708 g/mol. The summed E-state index contributed by atoms with van der Waals surface area (Å²) in [7, 11) is 0. The molecular weight excluding hydrogens is 622 g/mol. The van der Waals surface area contributed by atoms with E-state index in [0.717, 1.165) is 44.9 Å². The van der Waals surface area contributed by atoms with Crippen LogP contribution >= 0.6 is 0 Å². The topological polar surface area (TPSA) is 110 Å². The van der Waals surface area contributed by atoms with Crippen molar-refractivity contribution in [2.24, 2.45) is 0 Å². The summed E-state index contributed by atoms with van der Waals surface area (Å²) in [5.41, 5.74) is 0. The lowest BCUT2D eigenvalue weighted by atomic mass is 10.00. The molecule has 0 aliphatic rings. The van der Waals surface area contributed by atoms with E-state index in [2.05, 4.69) is 43.5 Å². The van der Waals surface area contributed by atoms with Gasteiger partial charge in [-0.25, -0.2) is 0 Å². The van der Waals surface area contributed by atoms with E-state index in [1.807, 2.05) is 0 Å². The van der Waals surface area contributed by atoms with E-state index >= 15 is 0 Å². The SMILES string of the molecule is CCCCCCCCCCC/C=C/CCCC(O)C(O)C(CO)NC(=O)C(O)CCCCCCCC/C=C\CCCCCCCCCCCC. The van der Waals surface area contributed by atoms with Crippen LogP contribution in [-0.2, 0) is 4.79 Å². The Kier molecular flexibility index (Phi) is 38.1. The molecule has 0 rings (SSSR count). The standard InChI is InChI=1S/C44H85NO5/c1-3-5-7-9-11-13-15-17-19-20-21-22-23-24-26-28-30-32-34-36-38-42(48)44(50)45-40(39-46)43(49)41(47)37-35-33-31-29-27-25-18-16-14-12-10-8-6-4-2/h22-23,29,31,40-43,46-49H,3-21,24-28,30,32-39H2,1-2H3,(H,45,50)/b23-22-,31-29+. The maximum absolute atomic E-state index is 12.5. The number of unbranched alkanes of at least 4 members (excludes halogenated alkanes) is 26. The second-order valence-electron chi connectivity index (χ2n) is 15.0. The van der Waals surface area contributed by atoms with E-state index < -0.39 is 36.9 Å². The van der Waals surface area contributed by atoms with Gasteiger partial charge < -0.3 is 25.7 Å². The number of allylic oxidation sites excluding steroid dienone is 4. The predicted molar refractivity (Wildman–Crippen MR) is 214 cm³/mol. The number of aliphatic hydroxyl groups excluding tert-OH is 4. The summed E-state index contributed by atoms with van der Waals surface area (Å²) in [5.74, 6) is -0.598. The Bertz CT molecular complexity index is 757. The number of aliphatic hydroxyl groups is 4. The molecule has 0 saturated carbocycles. The largest absolute Gasteiger partial charge is 0.394 e. The molecular formula is C44H85NO5. The Morgan fingerprint density at radius 3 is 1.20 bits per heavy atom. The van der Waals surface area contributed by atoms with Crippen LogP contribution in [0.3, 0.4) is 0 Å². The molecule has 0 radical (unpaired) electrons. The van der Waals surface area contributed by atoms with Crippen molar-refractivity contribution < 1.29 is 25.2 Å². The van der Waals surface area contributed by atoms with E-state index in [9.17, 15) is 25.2 Å². The van der Waals surface area contributed by atoms with Crippen LogP contribution in [0.4, 0.5) is 0 Å². The minimum atomic E-state index is -1.28. The van der Waals surface area contributed by atoms with Crippen molar-refractivity contribution in [3.05, 3.63) is 24.3 Å². The van der Waals surface area contributed by atoms with Gasteiger partial charge in [-0.3, -0.25) is 4.79 Å². The minimum absolute atomic E-state index is 0.357. The molecule has 0 aliphatic carbocycles. The number of amides is 1. The summed E-state index contributed by atoms with van der Waals surface area (Å²) in [6.07, 6.45) is 43.5. The quantitative estimate of drug-likeness (QED) is 0.0323. The molecule has 0 saturated heterocycles. The van der Waals surface area contributed by atoms with Crippen molar-refractivity contribution in [1.29, 1.82) is 0 Å². The fourth-order valence-electron chi connectivity index (χ4n) is 6.63. The third-order valence-corrected chi connectivity index (χ3v) is 10.1. The molecule has 4 unspecified atom stereocenters. The third-order valence-electron chi connectivity index (χ3n) is 10.1. The van der Waals surface area contributed by atoms with Crippen molar-refractivity contribution in [3.63, 3.8) is 0 Å². The first-order valence-electron chi connectivity index (χ1n) is 21.7. The molecule has 0 fully saturated rings. The van der Waals surface area contributed by atoms with Crippen LogP contribution in [0, 0.1) is 0 Å². The Morgan fingerprint density at radius 1 is 0.480 bits per heavy atom. The minimum Gasteiger partial charge on any atom is -0.394 e. The van der Waals surface area contributed by atoms with E-state index in [1.165, 1.54) is 148 Å². The molecule has 0 spiro atoms. The summed E-state index contributed by atoms with van der Waals surface area (Å²) in [5, 5.41) is 43.6. The Balaban J connectivity index is 3.78. The summed E-state index contributed by atoms with van der Waals surface area (Å²) < 4.78 is 0. The Morgan fingerprint density at radius 2 is 0.820 bits per heavy atom. The lowest BCUT2D eigenvalue weighted by Gasteiger charge is -2.27. The highest BCUT2D eigenvalue weighted by Gasteiger charge is 2.28. The van der Waals surface area contributed by atoms with Crippen molar-refractivity contribution in [3.8, 4) is 0 Å². The molecule has 4 atom stereocenters. The molecule has 0 aromatic rings. The summed E-state index contributed by atoms with van der Waals surface area (Å²) in [6.45, 7) is 4.03. The van der Waals surface area contributed by atoms with E-state index in [-0.39, 0.29) is 0 Å². The van der Waals surface area contributed by atoms with Crippen molar-refractivity contribution >= 4 is 5.91 Å². The van der Waals surface area contributed by atoms with Crippen LogP contribution in [0.1, 0.15) is 219 Å². The van der Waals surface area contributed by atoms with Gasteiger partial charge in [0.2, 0.25) is 5.91 Å². The summed E-state index contributed by atoms with van der Waals surface area (Å²) in [4.78, 5) is 12.5. The highest BCUT2D eigenvalue weighted by atomic mass is 16.3. The van der Waals surface area contributed by atoms with Gasteiger partial charge in [0.1, 0.15) is 12.2 Å². The normalized spacial score (nSPS) is 14.4. The molecule has 5 N–H and O–H groups in total. The van der Waals surface area contributed by atoms with Crippen LogP contribution in [0.15, 0.2) is 24.3 Å². The first-order chi connectivity index (χ1) is 24.5. The van der Waals surface area contributed by atoms with Crippen LogP contribution < -0.4 is 5.32 Å². The number of nitrogens with one attached hydrogen (secondary N) is 1. The van der Waals surface area contributed by atoms with Crippen LogP contribution in [0.2, 0.25) is 0 Å². The lowest BCUT2D eigenvalue weighted by Crippen LogP contribution is -2.53. The highest BCUT2D eigenvalue weighted by molar-refractivity contribution is 5.80. The first kappa shape index (κ1) is 48.8. The maximum atomic E-state index is 12.5. The van der Waals surface area contributed by atoms with Crippen LogP contribution in [-0.4, -0.2) is 57.3 Å². The zero-order chi connectivity index (χ0) is 36.8. The Hall–Kier alpha value is -1.21. The fourth-order valence-corrected chi connectivity index (χ4v) is 6.63. The van der Waals surface area contributed by atoms with E-state index in [1.54, 1.807) is 0 Å². The molecule has 50 heavy (non-hydrogen) atoms. The van der Waals surface area contributed by atoms with Gasteiger partial charge in [0.15, 0.2) is 0 Å². The van der Waals surface area contributed by atoms with Crippen molar-refractivity contribution in [2.45, 2.75) is 244 Å². The number of carbonyl (C=O) groups excluding carboxylic acids is 1. The monoisotopic (exact) mass is 708 g/mol. The van der Waals surface area contributed by atoms with E-state index in [4.69, 9.17) is 0 Å².